The zero-order chi connectivity index (χ0) is 4.50. The van der Waals surface area contributed by atoms with Gasteiger partial charge in [0.25, 0.3) is 0 Å². The van der Waals surface area contributed by atoms with Gasteiger partial charge in [-0.15, -0.1) is 0 Å². The van der Waals surface area contributed by atoms with Crippen molar-refractivity contribution in [3.8, 4) is 0 Å². The van der Waals surface area contributed by atoms with Gasteiger partial charge in [0, 0.05) is 0 Å². The first-order valence-electron chi connectivity index (χ1n) is 0.756. The van der Waals surface area contributed by atoms with Gasteiger partial charge in [0.1, 0.15) is 0 Å². The van der Waals surface area contributed by atoms with Gasteiger partial charge in [0.05, 0.1) is 0 Å². The van der Waals surface area contributed by atoms with Crippen LogP contribution in [-0.4, -0.2) is 40.4 Å². The summed E-state index contributed by atoms with van der Waals surface area (Å²) in [6.07, 6.45) is 0. The van der Waals surface area contributed by atoms with E-state index in [4.69, 9.17) is 37.2 Å². The maximum Gasteiger partial charge on any atom is 2.00 e. The molecule has 0 aromatic rings. The molecule has 0 aromatic carbocycles. The van der Waals surface area contributed by atoms with Crippen LogP contribution in [0.3, 0.4) is 0 Å². The third-order valence-corrected chi connectivity index (χ3v) is 0. The van der Waals surface area contributed by atoms with E-state index < -0.39 is 12.3 Å². The first kappa shape index (κ1) is 16.6. The summed E-state index contributed by atoms with van der Waals surface area (Å²) in [6.45, 7) is 0. The van der Waals surface area contributed by atoms with E-state index in [1.165, 1.54) is 0 Å². The van der Waals surface area contributed by atoms with Crippen LogP contribution in [0.25, 0.3) is 0 Å². The molecule has 0 nitrogen and oxygen atoms in total. The molecular weight excluding hydrogens is 241 g/mol. The van der Waals surface area contributed by atoms with Crippen LogP contribution >= 0.6 is 37.2 Å². The van der Waals surface area contributed by atoms with Gasteiger partial charge in [0.2, 0.25) is 0 Å². The minimum atomic E-state index is -3.11. The number of hydrogen-bond acceptors (Lipinski definition) is 0. The van der Waals surface area contributed by atoms with Gasteiger partial charge in [0.15, 0.2) is 17.4 Å². The Labute approximate surface area is 91.3 Å². The molecule has 7 heavy (non-hydrogen) atoms. The van der Waals surface area contributed by atoms with Crippen molar-refractivity contribution in [1.29, 1.82) is 0 Å². The van der Waals surface area contributed by atoms with Crippen molar-refractivity contribution >= 4 is 77.6 Å². The number of hydrogen-bond donors (Lipinski definition) is 0. The molecule has 0 heterocycles. The molecule has 0 bridgehead atoms. The Balaban J connectivity index is -0.0000000133. The second-order valence-electron chi connectivity index (χ2n) is 0.429. The molecule has 0 atom stereocenters. The predicted molar refractivity (Wildman–Crippen MR) is 41.3 cm³/mol. The Kier molecular flexibility index (Phi) is 17.3. The summed E-state index contributed by atoms with van der Waals surface area (Å²) >= 11 is -3.11. The topological polar surface area (TPSA) is 0 Å². The van der Waals surface area contributed by atoms with Crippen molar-refractivity contribution in [2.24, 2.45) is 0 Å². The average molecular weight is 246 g/mol. The average Bonchev–Trinajstić information content (AvgIpc) is 0.722. The summed E-state index contributed by atoms with van der Waals surface area (Å²) in [5, 5.41) is 0. The quantitative estimate of drug-likeness (QED) is 0.567. The van der Waals surface area contributed by atoms with Gasteiger partial charge in [-0.1, -0.05) is 0 Å². The van der Waals surface area contributed by atoms with Crippen LogP contribution in [0.15, 0.2) is 0 Å². The Morgan fingerprint density at radius 2 is 1.00 bits per heavy atom. The molecule has 0 spiro atoms. The van der Waals surface area contributed by atoms with Gasteiger partial charge >= 0.3 is 72.6 Å². The van der Waals surface area contributed by atoms with Gasteiger partial charge in [-0.2, -0.15) is 0 Å². The summed E-state index contributed by atoms with van der Waals surface area (Å²) in [5.41, 5.74) is 0. The summed E-state index contributed by atoms with van der Waals surface area (Å²) < 4.78 is 0. The van der Waals surface area contributed by atoms with Gasteiger partial charge in [-0.3, -0.25) is 0 Å². The maximum absolute atomic E-state index is 5.01. The minimum absolute atomic E-state index is 0. The molecule has 0 fully saturated rings. The molecule has 0 aromatic heterocycles. The van der Waals surface area contributed by atoms with Crippen molar-refractivity contribution in [2.45, 2.75) is 0 Å². The van der Waals surface area contributed by atoms with Crippen molar-refractivity contribution in [2.75, 3.05) is 0 Å². The van der Waals surface area contributed by atoms with Gasteiger partial charge < -0.3 is 2.85 Å². The molecule has 0 aliphatic heterocycles. The first-order chi connectivity index (χ1) is 2.00. The van der Waals surface area contributed by atoms with Crippen LogP contribution < -0.4 is 0 Å². The fourth-order valence-electron chi connectivity index (χ4n) is 0. The molecular formula is H5AlCl4MgTi. The van der Waals surface area contributed by atoms with Crippen molar-refractivity contribution in [1.82, 2.24) is 0 Å². The zero-order valence-corrected chi connectivity index (χ0v) is 8.72. The van der Waals surface area contributed by atoms with E-state index in [0.717, 1.165) is 0 Å². The predicted octanol–water partition coefficient (Wildman–Crippen LogP) is 1.42. The minimum Gasteiger partial charge on any atom is -1.00 e. The first-order valence-corrected chi connectivity index (χ1v) is 9.35. The van der Waals surface area contributed by atoms with Crippen LogP contribution in [0.5, 0.6) is 0 Å². The molecule has 0 saturated carbocycles. The van der Waals surface area contributed by atoms with E-state index in [1.54, 1.807) is 0 Å². The Morgan fingerprint density at radius 1 is 1.00 bits per heavy atom. The maximum atomic E-state index is 5.01. The normalized spacial score (nSPS) is 8.57. The smallest absolute Gasteiger partial charge is 1.00 e. The van der Waals surface area contributed by atoms with Crippen LogP contribution in [0.4, 0.5) is 0 Å². The molecule has 0 unspecified atom stereocenters. The summed E-state index contributed by atoms with van der Waals surface area (Å²) in [5.74, 6) is 0. The third kappa shape index (κ3) is 46.9. The van der Waals surface area contributed by atoms with Gasteiger partial charge in [-0.25, -0.2) is 0 Å². The van der Waals surface area contributed by atoms with E-state index in [0.29, 0.717) is 0 Å². The largest absolute Gasteiger partial charge is 2.00 e. The number of halogens is 4. The Morgan fingerprint density at radius 3 is 1.00 bits per heavy atom. The summed E-state index contributed by atoms with van der Waals surface area (Å²) in [4.78, 5) is 0. The molecule has 0 aliphatic carbocycles. The van der Waals surface area contributed by atoms with Crippen molar-refractivity contribution in [3.63, 3.8) is 0 Å². The summed E-state index contributed by atoms with van der Waals surface area (Å²) in [7, 11) is 20.1. The zero-order valence-electron chi connectivity index (χ0n) is 4.72. The third-order valence-electron chi connectivity index (χ3n) is 0. The fraction of sp³-hybridized carbons (Fsp3) is 0. The van der Waals surface area contributed by atoms with Crippen LogP contribution in [0, 0.1) is 0 Å². The standard InChI is InChI=1S/Al.4ClH.Mg.Ti.5H/h;4*1H;;;;;;;/q;;;;;+2;+4;;;;2*-1/p-4. The Bertz CT molecular complexity index is 34.0. The Hall–Kier alpha value is 3.17. The molecule has 0 aliphatic rings. The molecule has 42 valence electrons. The van der Waals surface area contributed by atoms with E-state index in [-0.39, 0.29) is 43.3 Å². The van der Waals surface area contributed by atoms with Crippen molar-refractivity contribution < 1.29 is 15.2 Å². The van der Waals surface area contributed by atoms with E-state index >= 15 is 0 Å². The van der Waals surface area contributed by atoms with E-state index in [1.807, 2.05) is 0 Å². The van der Waals surface area contributed by atoms with Gasteiger partial charge in [-0.05, 0) is 0 Å². The van der Waals surface area contributed by atoms with E-state index in [2.05, 4.69) is 0 Å². The second-order valence-corrected chi connectivity index (χ2v) is 15.9. The molecule has 0 amide bonds. The fourth-order valence-corrected chi connectivity index (χ4v) is 0. The van der Waals surface area contributed by atoms with Crippen molar-refractivity contribution in [3.05, 3.63) is 0 Å². The SMILES string of the molecule is [AlH3].[Cl][Ti]([Cl])([Cl])[Cl].[H-].[H-].[Mg+2]. The molecule has 0 radical (unpaired) electrons. The van der Waals surface area contributed by atoms with Crippen LogP contribution in [0.2, 0.25) is 0 Å². The van der Waals surface area contributed by atoms with Crippen LogP contribution in [-0.2, 0) is 12.3 Å². The molecule has 7 heteroatoms. The molecule has 0 saturated heterocycles. The number of rotatable bonds is 0. The summed E-state index contributed by atoms with van der Waals surface area (Å²) in [6, 6.07) is 0. The second kappa shape index (κ2) is 7.28. The molecule has 0 N–H and O–H groups in total. The van der Waals surface area contributed by atoms with E-state index in [9.17, 15) is 0 Å². The van der Waals surface area contributed by atoms with Crippen LogP contribution in [0.1, 0.15) is 2.85 Å². The monoisotopic (exact) mass is 244 g/mol. The molecule has 0 rings (SSSR count).